The van der Waals surface area contributed by atoms with Crippen LogP contribution in [0.2, 0.25) is 0 Å². The lowest BCUT2D eigenvalue weighted by atomic mass is 10.1. The first-order valence-corrected chi connectivity index (χ1v) is 11.1. The minimum absolute atomic E-state index is 0.0914. The Balaban J connectivity index is 1.62. The van der Waals surface area contributed by atoms with Crippen molar-refractivity contribution >= 4 is 22.6 Å². The molecule has 0 aliphatic carbocycles. The van der Waals surface area contributed by atoms with Gasteiger partial charge < -0.3 is 15.6 Å². The first-order chi connectivity index (χ1) is 17.0. The standard InChI is InChI=1S/C27H23N7O/c1-18(32-27(35)24-26(28)30-14-13-29-24)23-15-21-8-6-7-20(12-11-19-16-31-33(2)17-19)25(21)34(23)22-9-4-3-5-10-22/h3-10,13-18H,1-2H3,(H2,28,30)(H,32,35). The number of hydrogen-bond donors (Lipinski definition) is 2. The fourth-order valence-electron chi connectivity index (χ4n) is 4.04. The molecule has 0 fully saturated rings. The Hall–Kier alpha value is -4.90. The number of nitrogens with one attached hydrogen (secondary N) is 1. The van der Waals surface area contributed by atoms with Crippen molar-refractivity contribution in [2.24, 2.45) is 7.05 Å². The predicted octanol–water partition coefficient (Wildman–Crippen LogP) is 3.63. The van der Waals surface area contributed by atoms with Gasteiger partial charge in [-0.2, -0.15) is 5.10 Å². The number of nitrogens with zero attached hydrogens (tertiary/aromatic N) is 5. The van der Waals surface area contributed by atoms with Gasteiger partial charge in [-0.05, 0) is 31.2 Å². The van der Waals surface area contributed by atoms with Gasteiger partial charge in [-0.15, -0.1) is 0 Å². The molecule has 0 aliphatic heterocycles. The van der Waals surface area contributed by atoms with E-state index in [-0.39, 0.29) is 23.5 Å². The maximum absolute atomic E-state index is 12.9. The molecule has 1 amide bonds. The highest BCUT2D eigenvalue weighted by molar-refractivity contribution is 5.96. The quantitative estimate of drug-likeness (QED) is 0.398. The van der Waals surface area contributed by atoms with Gasteiger partial charge in [0.1, 0.15) is 0 Å². The van der Waals surface area contributed by atoms with Crippen molar-refractivity contribution < 1.29 is 4.79 Å². The number of rotatable bonds is 4. The van der Waals surface area contributed by atoms with Crippen molar-refractivity contribution in [3.05, 3.63) is 102 Å². The molecule has 0 saturated carbocycles. The molecule has 8 heteroatoms. The summed E-state index contributed by atoms with van der Waals surface area (Å²) in [5.74, 6) is 6.22. The molecule has 5 rings (SSSR count). The lowest BCUT2D eigenvalue weighted by Crippen LogP contribution is -2.29. The van der Waals surface area contributed by atoms with E-state index in [2.05, 4.69) is 42.9 Å². The van der Waals surface area contributed by atoms with Crippen LogP contribution in [0.4, 0.5) is 5.82 Å². The summed E-state index contributed by atoms with van der Waals surface area (Å²) in [6.07, 6.45) is 6.52. The van der Waals surface area contributed by atoms with E-state index in [1.807, 2.05) is 68.7 Å². The number of nitrogen functional groups attached to an aromatic ring is 1. The third-order valence-corrected chi connectivity index (χ3v) is 5.65. The van der Waals surface area contributed by atoms with Gasteiger partial charge in [0.05, 0.1) is 23.3 Å². The molecule has 0 saturated heterocycles. The van der Waals surface area contributed by atoms with E-state index in [4.69, 9.17) is 5.73 Å². The summed E-state index contributed by atoms with van der Waals surface area (Å²) in [5.41, 5.74) is 10.5. The minimum Gasteiger partial charge on any atom is -0.382 e. The van der Waals surface area contributed by atoms with Crippen LogP contribution in [0.15, 0.2) is 79.4 Å². The van der Waals surface area contributed by atoms with Crippen LogP contribution in [0.1, 0.15) is 40.3 Å². The van der Waals surface area contributed by atoms with Crippen molar-refractivity contribution in [2.45, 2.75) is 13.0 Å². The van der Waals surface area contributed by atoms with E-state index in [1.54, 1.807) is 10.9 Å². The van der Waals surface area contributed by atoms with E-state index in [9.17, 15) is 4.79 Å². The maximum atomic E-state index is 12.9. The number of hydrogen-bond acceptors (Lipinski definition) is 5. The topological polar surface area (TPSA) is 104 Å². The lowest BCUT2D eigenvalue weighted by Gasteiger charge is -2.18. The minimum atomic E-state index is -0.385. The van der Waals surface area contributed by atoms with Crippen LogP contribution in [0, 0.1) is 11.8 Å². The van der Waals surface area contributed by atoms with Crippen molar-refractivity contribution in [1.82, 2.24) is 29.6 Å². The van der Waals surface area contributed by atoms with Gasteiger partial charge in [0.2, 0.25) is 0 Å². The van der Waals surface area contributed by atoms with Gasteiger partial charge in [-0.1, -0.05) is 42.2 Å². The molecule has 0 bridgehead atoms. The maximum Gasteiger partial charge on any atom is 0.274 e. The van der Waals surface area contributed by atoms with E-state index in [0.29, 0.717) is 0 Å². The smallest absolute Gasteiger partial charge is 0.274 e. The summed E-state index contributed by atoms with van der Waals surface area (Å²) >= 11 is 0. The highest BCUT2D eigenvalue weighted by Crippen LogP contribution is 2.30. The number of benzene rings is 2. The third-order valence-electron chi connectivity index (χ3n) is 5.65. The van der Waals surface area contributed by atoms with E-state index in [1.165, 1.54) is 12.4 Å². The average Bonchev–Trinajstić information content (AvgIpc) is 3.47. The number of aromatic nitrogens is 5. The second-order valence-corrected chi connectivity index (χ2v) is 8.12. The first kappa shape index (κ1) is 21.9. The summed E-state index contributed by atoms with van der Waals surface area (Å²) in [6, 6.07) is 17.8. The van der Waals surface area contributed by atoms with Gasteiger partial charge in [0.15, 0.2) is 11.5 Å². The second-order valence-electron chi connectivity index (χ2n) is 8.12. The monoisotopic (exact) mass is 461 g/mol. The summed E-state index contributed by atoms with van der Waals surface area (Å²) in [4.78, 5) is 21.0. The molecule has 1 unspecified atom stereocenters. The Morgan fingerprint density at radius 2 is 1.86 bits per heavy atom. The molecule has 2 aromatic carbocycles. The summed E-state index contributed by atoms with van der Waals surface area (Å²) in [7, 11) is 1.86. The summed E-state index contributed by atoms with van der Waals surface area (Å²) in [6.45, 7) is 1.93. The lowest BCUT2D eigenvalue weighted by molar-refractivity contribution is 0.0934. The molecule has 5 aromatic rings. The van der Waals surface area contributed by atoms with Gasteiger partial charge in [-0.3, -0.25) is 9.48 Å². The largest absolute Gasteiger partial charge is 0.382 e. The molecule has 0 radical (unpaired) electrons. The number of aryl methyl sites for hydroxylation is 1. The molecule has 0 spiro atoms. The van der Waals surface area contributed by atoms with Crippen LogP contribution >= 0.6 is 0 Å². The Labute approximate surface area is 202 Å². The SMILES string of the molecule is CC(NC(=O)c1nccnc1N)c1cc2cccc(C#Cc3cnn(C)c3)c2n1-c1ccccc1. The van der Waals surface area contributed by atoms with Crippen molar-refractivity contribution in [1.29, 1.82) is 0 Å². The molecular formula is C27H23N7O. The van der Waals surface area contributed by atoms with E-state index < -0.39 is 0 Å². The van der Waals surface area contributed by atoms with Gasteiger partial charge >= 0.3 is 0 Å². The number of para-hydroxylation sites is 2. The van der Waals surface area contributed by atoms with Crippen molar-refractivity contribution in [3.63, 3.8) is 0 Å². The van der Waals surface area contributed by atoms with Gasteiger partial charge in [0.25, 0.3) is 5.91 Å². The van der Waals surface area contributed by atoms with Crippen LogP contribution in [-0.2, 0) is 7.05 Å². The molecule has 35 heavy (non-hydrogen) atoms. The Kier molecular flexibility index (Phi) is 5.73. The Morgan fingerprint density at radius 1 is 1.06 bits per heavy atom. The highest BCUT2D eigenvalue weighted by atomic mass is 16.2. The molecule has 3 heterocycles. The molecule has 172 valence electrons. The number of amides is 1. The van der Waals surface area contributed by atoms with Crippen molar-refractivity contribution in [2.75, 3.05) is 5.73 Å². The summed E-state index contributed by atoms with van der Waals surface area (Å²) < 4.78 is 3.86. The fourth-order valence-corrected chi connectivity index (χ4v) is 4.04. The fraction of sp³-hybridized carbons (Fsp3) is 0.111. The number of fused-ring (bicyclic) bond motifs is 1. The normalized spacial score (nSPS) is 11.6. The molecule has 8 nitrogen and oxygen atoms in total. The molecule has 0 aliphatic rings. The van der Waals surface area contributed by atoms with Gasteiger partial charge in [0, 0.05) is 48.0 Å². The second kappa shape index (κ2) is 9.15. The number of carbonyl (C=O) groups excluding carboxylic acids is 1. The van der Waals surface area contributed by atoms with E-state index >= 15 is 0 Å². The molecular weight excluding hydrogens is 438 g/mol. The van der Waals surface area contributed by atoms with Crippen LogP contribution in [0.25, 0.3) is 16.6 Å². The predicted molar refractivity (Wildman–Crippen MR) is 135 cm³/mol. The number of nitrogens with two attached hydrogens (primary N) is 1. The zero-order valence-corrected chi connectivity index (χ0v) is 19.3. The Bertz CT molecular complexity index is 1590. The number of anilines is 1. The third kappa shape index (κ3) is 4.35. The number of carbonyl (C=O) groups is 1. The van der Waals surface area contributed by atoms with Crippen LogP contribution in [0.5, 0.6) is 0 Å². The first-order valence-electron chi connectivity index (χ1n) is 11.1. The van der Waals surface area contributed by atoms with Crippen molar-refractivity contribution in [3.8, 4) is 17.5 Å². The highest BCUT2D eigenvalue weighted by Gasteiger charge is 2.21. The summed E-state index contributed by atoms with van der Waals surface area (Å²) in [5, 5.41) is 8.22. The van der Waals surface area contributed by atoms with Gasteiger partial charge in [-0.25, -0.2) is 9.97 Å². The molecule has 3 aromatic heterocycles. The van der Waals surface area contributed by atoms with Crippen LogP contribution < -0.4 is 11.1 Å². The zero-order valence-electron chi connectivity index (χ0n) is 19.3. The van der Waals surface area contributed by atoms with Crippen LogP contribution in [-0.4, -0.2) is 30.2 Å². The molecule has 1 atom stereocenters. The Morgan fingerprint density at radius 3 is 2.60 bits per heavy atom. The zero-order chi connectivity index (χ0) is 24.4. The van der Waals surface area contributed by atoms with E-state index in [0.717, 1.165) is 33.4 Å². The molecule has 3 N–H and O–H groups in total. The van der Waals surface area contributed by atoms with Crippen LogP contribution in [0.3, 0.4) is 0 Å². The average molecular weight is 462 g/mol.